The maximum absolute atomic E-state index is 4.42. The molecule has 92 valence electrons. The van der Waals surface area contributed by atoms with Crippen molar-refractivity contribution in [1.82, 2.24) is 15.0 Å². The summed E-state index contributed by atoms with van der Waals surface area (Å²) in [7, 11) is 0. The molecule has 0 amide bonds. The Morgan fingerprint density at radius 1 is 1.05 bits per heavy atom. The van der Waals surface area contributed by atoms with E-state index in [1.165, 1.54) is 15.8 Å². The predicted molar refractivity (Wildman–Crippen MR) is 78.5 cm³/mol. The molecule has 0 bridgehead atoms. The van der Waals surface area contributed by atoms with Crippen LogP contribution in [0.5, 0.6) is 0 Å². The minimum atomic E-state index is 0.905. The Morgan fingerprint density at radius 3 is 3.05 bits per heavy atom. The lowest BCUT2D eigenvalue weighted by Gasteiger charge is -2.02. The van der Waals surface area contributed by atoms with E-state index >= 15 is 0 Å². The number of nitrogens with zero attached hydrogens (tertiary/aromatic N) is 2. The Labute approximate surface area is 114 Å². The van der Waals surface area contributed by atoms with Crippen molar-refractivity contribution in [3.63, 3.8) is 0 Å². The highest BCUT2D eigenvalue weighted by atomic mass is 32.1. The van der Waals surface area contributed by atoms with Gasteiger partial charge in [0, 0.05) is 17.8 Å². The topological polar surface area (TPSA) is 41.6 Å². The molecule has 0 aliphatic rings. The second-order valence-electron chi connectivity index (χ2n) is 4.59. The quantitative estimate of drug-likeness (QED) is 0.599. The molecule has 3 nitrogen and oxygen atoms in total. The Kier molecular flexibility index (Phi) is 2.35. The van der Waals surface area contributed by atoms with Crippen LogP contribution < -0.4 is 0 Å². The molecule has 0 spiro atoms. The van der Waals surface area contributed by atoms with Crippen LogP contribution >= 0.6 is 11.3 Å². The zero-order chi connectivity index (χ0) is 12.7. The summed E-state index contributed by atoms with van der Waals surface area (Å²) < 4.78 is 1.24. The van der Waals surface area contributed by atoms with Crippen LogP contribution in [0.15, 0.2) is 48.2 Å². The molecular formula is C15H11N3S. The van der Waals surface area contributed by atoms with Crippen molar-refractivity contribution in [2.24, 2.45) is 0 Å². The Bertz CT molecular complexity index is 788. The number of thiazole rings is 1. The third-order valence-corrected chi connectivity index (χ3v) is 4.05. The number of aromatic amines is 1. The molecule has 4 heteroatoms. The van der Waals surface area contributed by atoms with E-state index < -0.39 is 0 Å². The third-order valence-electron chi connectivity index (χ3n) is 3.26. The third kappa shape index (κ3) is 1.90. The van der Waals surface area contributed by atoms with Crippen LogP contribution in [0.3, 0.4) is 0 Å². The van der Waals surface area contributed by atoms with E-state index in [9.17, 15) is 0 Å². The van der Waals surface area contributed by atoms with Gasteiger partial charge in [0.2, 0.25) is 0 Å². The van der Waals surface area contributed by atoms with E-state index in [1.807, 2.05) is 17.9 Å². The van der Waals surface area contributed by atoms with E-state index in [4.69, 9.17) is 0 Å². The number of nitrogens with one attached hydrogen (secondary N) is 1. The summed E-state index contributed by atoms with van der Waals surface area (Å²) >= 11 is 1.68. The van der Waals surface area contributed by atoms with E-state index in [0.29, 0.717) is 0 Å². The van der Waals surface area contributed by atoms with Gasteiger partial charge in [0.1, 0.15) is 5.65 Å². The lowest BCUT2D eigenvalue weighted by molar-refractivity contribution is 1.17. The Balaban J connectivity index is 1.72. The number of pyridine rings is 1. The summed E-state index contributed by atoms with van der Waals surface area (Å²) in [5.41, 5.74) is 6.45. The largest absolute Gasteiger partial charge is 0.346 e. The molecule has 0 fully saturated rings. The summed E-state index contributed by atoms with van der Waals surface area (Å²) in [5.74, 6) is 0. The Morgan fingerprint density at radius 2 is 2.05 bits per heavy atom. The van der Waals surface area contributed by atoms with Crippen molar-refractivity contribution >= 4 is 32.6 Å². The molecule has 0 aliphatic heterocycles. The van der Waals surface area contributed by atoms with Gasteiger partial charge in [-0.05, 0) is 41.8 Å². The second-order valence-corrected chi connectivity index (χ2v) is 5.48. The van der Waals surface area contributed by atoms with Gasteiger partial charge in [-0.25, -0.2) is 9.97 Å². The van der Waals surface area contributed by atoms with Gasteiger partial charge < -0.3 is 4.98 Å². The molecule has 4 aromatic rings. The maximum atomic E-state index is 4.42. The summed E-state index contributed by atoms with van der Waals surface area (Å²) in [5, 5.41) is 1.16. The molecule has 19 heavy (non-hydrogen) atoms. The molecule has 0 unspecified atom stereocenters. The maximum Gasteiger partial charge on any atom is 0.137 e. The van der Waals surface area contributed by atoms with Crippen molar-refractivity contribution in [2.75, 3.05) is 0 Å². The van der Waals surface area contributed by atoms with Crippen LogP contribution in [-0.4, -0.2) is 15.0 Å². The zero-order valence-electron chi connectivity index (χ0n) is 10.1. The first-order valence-electron chi connectivity index (χ1n) is 6.13. The minimum absolute atomic E-state index is 0.905. The molecule has 0 aliphatic carbocycles. The number of rotatable bonds is 2. The highest BCUT2D eigenvalue weighted by Gasteiger charge is 2.02. The number of hydrogen-bond donors (Lipinski definition) is 1. The van der Waals surface area contributed by atoms with E-state index in [-0.39, 0.29) is 0 Å². The van der Waals surface area contributed by atoms with Crippen LogP contribution in [0.1, 0.15) is 11.1 Å². The number of aromatic nitrogens is 3. The summed E-state index contributed by atoms with van der Waals surface area (Å²) in [6.07, 6.45) is 4.77. The molecule has 0 saturated carbocycles. The van der Waals surface area contributed by atoms with E-state index in [1.54, 1.807) is 11.3 Å². The van der Waals surface area contributed by atoms with Gasteiger partial charge in [-0.15, -0.1) is 11.3 Å². The minimum Gasteiger partial charge on any atom is -0.346 e. The highest BCUT2D eigenvalue weighted by molar-refractivity contribution is 7.16. The highest BCUT2D eigenvalue weighted by Crippen LogP contribution is 2.21. The molecule has 1 N–H and O–H groups in total. The molecule has 0 radical (unpaired) electrons. The molecular weight excluding hydrogens is 254 g/mol. The van der Waals surface area contributed by atoms with Crippen LogP contribution in [0.4, 0.5) is 0 Å². The van der Waals surface area contributed by atoms with Gasteiger partial charge >= 0.3 is 0 Å². The van der Waals surface area contributed by atoms with E-state index in [2.05, 4.69) is 45.3 Å². The molecule has 4 rings (SSSR count). The summed E-state index contributed by atoms with van der Waals surface area (Å²) in [6.45, 7) is 0. The number of benzene rings is 1. The van der Waals surface area contributed by atoms with Crippen LogP contribution in [-0.2, 0) is 6.42 Å². The summed E-state index contributed by atoms with van der Waals surface area (Å²) in [4.78, 5) is 11.8. The normalized spacial score (nSPS) is 11.4. The van der Waals surface area contributed by atoms with Crippen LogP contribution in [0.25, 0.3) is 21.3 Å². The summed E-state index contributed by atoms with van der Waals surface area (Å²) in [6, 6.07) is 10.7. The first kappa shape index (κ1) is 10.7. The lowest BCUT2D eigenvalue weighted by atomic mass is 10.1. The average Bonchev–Trinajstić information content (AvgIpc) is 3.05. The molecule has 0 atom stereocenters. The van der Waals surface area contributed by atoms with Gasteiger partial charge in [0.05, 0.1) is 15.7 Å². The fourth-order valence-electron chi connectivity index (χ4n) is 2.33. The fourth-order valence-corrected chi connectivity index (χ4v) is 3.07. The Hall–Kier alpha value is -2.20. The van der Waals surface area contributed by atoms with Crippen molar-refractivity contribution in [2.45, 2.75) is 6.42 Å². The average molecular weight is 265 g/mol. The predicted octanol–water partition coefficient (Wildman–Crippen LogP) is 3.76. The van der Waals surface area contributed by atoms with Crippen LogP contribution in [0, 0.1) is 0 Å². The van der Waals surface area contributed by atoms with Gasteiger partial charge in [-0.3, -0.25) is 0 Å². The number of H-pyrrole nitrogens is 1. The molecule has 0 saturated heterocycles. The van der Waals surface area contributed by atoms with Gasteiger partial charge in [0.15, 0.2) is 0 Å². The lowest BCUT2D eigenvalue weighted by Crippen LogP contribution is -1.89. The van der Waals surface area contributed by atoms with Crippen molar-refractivity contribution < 1.29 is 0 Å². The van der Waals surface area contributed by atoms with Crippen molar-refractivity contribution in [3.05, 3.63) is 59.4 Å². The van der Waals surface area contributed by atoms with E-state index in [0.717, 1.165) is 23.0 Å². The first-order valence-corrected chi connectivity index (χ1v) is 7.00. The fraction of sp³-hybridized carbons (Fsp3) is 0.0667. The van der Waals surface area contributed by atoms with Gasteiger partial charge in [-0.1, -0.05) is 6.07 Å². The number of hydrogen-bond acceptors (Lipinski definition) is 3. The van der Waals surface area contributed by atoms with Gasteiger partial charge in [-0.2, -0.15) is 0 Å². The molecule has 1 aromatic carbocycles. The van der Waals surface area contributed by atoms with Crippen LogP contribution in [0.2, 0.25) is 0 Å². The number of fused-ring (bicyclic) bond motifs is 2. The SMILES string of the molecule is c1cc2cc(Cc3ccc4ncsc4c3)cnc2[nH]1. The van der Waals surface area contributed by atoms with Crippen molar-refractivity contribution in [1.29, 1.82) is 0 Å². The van der Waals surface area contributed by atoms with Gasteiger partial charge in [0.25, 0.3) is 0 Å². The zero-order valence-corrected chi connectivity index (χ0v) is 10.9. The molecule has 3 heterocycles. The second kappa shape index (κ2) is 4.17. The van der Waals surface area contributed by atoms with Crippen molar-refractivity contribution in [3.8, 4) is 0 Å². The monoisotopic (exact) mass is 265 g/mol. The smallest absolute Gasteiger partial charge is 0.137 e. The standard InChI is InChI=1S/C15H11N3S/c1-2-13-14(19-9-18-13)7-10(1)5-11-6-12-3-4-16-15(12)17-8-11/h1-4,6-9H,5H2,(H,16,17). The molecule has 3 aromatic heterocycles. The first-order chi connectivity index (χ1) is 9.38.